The molecule has 6 nitrogen and oxygen atoms in total. The van der Waals surface area contributed by atoms with Crippen LogP contribution in [0, 0.1) is 0 Å². The molecule has 0 saturated carbocycles. The summed E-state index contributed by atoms with van der Waals surface area (Å²) < 4.78 is 27.8. The van der Waals surface area contributed by atoms with Gasteiger partial charge >= 0.3 is 0 Å². The number of anilines is 1. The average molecular weight is 492 g/mol. The molecule has 2 aromatic rings. The summed E-state index contributed by atoms with van der Waals surface area (Å²) in [6.07, 6.45) is 4.22. The molecule has 1 N–H and O–H groups in total. The van der Waals surface area contributed by atoms with Crippen LogP contribution in [0.3, 0.4) is 0 Å². The first kappa shape index (κ1) is 21.5. The molecular formula is C22H26BrN3O3S. The zero-order chi connectivity index (χ0) is 21.1. The van der Waals surface area contributed by atoms with Crippen molar-refractivity contribution < 1.29 is 13.2 Å². The van der Waals surface area contributed by atoms with Gasteiger partial charge in [-0.25, -0.2) is 8.42 Å². The standard InChI is InChI=1S/C22H26BrN3O3S/c23-21-9-8-19(30(28,29)26-12-3-4-13-26)15-20(21)22(27)24-18-7-5-6-17(14-18)16-25-10-1-2-11-25/h5-9,14-15H,1-4,10-13,16H2,(H,24,27). The van der Waals surface area contributed by atoms with Crippen molar-refractivity contribution in [2.24, 2.45) is 0 Å². The maximum absolute atomic E-state index is 12.9. The van der Waals surface area contributed by atoms with Crippen LogP contribution in [0.15, 0.2) is 51.8 Å². The van der Waals surface area contributed by atoms with Gasteiger partial charge in [-0.15, -0.1) is 0 Å². The molecule has 0 unspecified atom stereocenters. The van der Waals surface area contributed by atoms with E-state index >= 15 is 0 Å². The second-order valence-corrected chi connectivity index (χ2v) is 10.7. The van der Waals surface area contributed by atoms with Gasteiger partial charge in [-0.05, 0) is 90.6 Å². The van der Waals surface area contributed by atoms with Crippen LogP contribution >= 0.6 is 15.9 Å². The van der Waals surface area contributed by atoms with Crippen LogP contribution in [0.1, 0.15) is 41.6 Å². The van der Waals surface area contributed by atoms with E-state index in [2.05, 4.69) is 32.2 Å². The van der Waals surface area contributed by atoms with Gasteiger partial charge in [-0.2, -0.15) is 4.31 Å². The number of benzene rings is 2. The Morgan fingerprint density at radius 3 is 2.40 bits per heavy atom. The summed E-state index contributed by atoms with van der Waals surface area (Å²) in [5, 5.41) is 2.92. The number of nitrogens with zero attached hydrogens (tertiary/aromatic N) is 2. The van der Waals surface area contributed by atoms with Crippen molar-refractivity contribution in [2.45, 2.75) is 37.1 Å². The van der Waals surface area contributed by atoms with Crippen molar-refractivity contribution >= 4 is 37.5 Å². The van der Waals surface area contributed by atoms with E-state index in [9.17, 15) is 13.2 Å². The third kappa shape index (κ3) is 4.77. The molecule has 2 aromatic carbocycles. The largest absolute Gasteiger partial charge is 0.322 e. The average Bonchev–Trinajstić information content (AvgIpc) is 3.43. The zero-order valence-corrected chi connectivity index (χ0v) is 19.2. The van der Waals surface area contributed by atoms with Crippen LogP contribution in [0.2, 0.25) is 0 Å². The highest BCUT2D eigenvalue weighted by Crippen LogP contribution is 2.26. The topological polar surface area (TPSA) is 69.7 Å². The first-order valence-corrected chi connectivity index (χ1v) is 12.6. The molecule has 0 spiro atoms. The van der Waals surface area contributed by atoms with E-state index in [-0.39, 0.29) is 10.8 Å². The van der Waals surface area contributed by atoms with Crippen molar-refractivity contribution in [1.29, 1.82) is 0 Å². The number of carbonyl (C=O) groups is 1. The Morgan fingerprint density at radius 2 is 1.67 bits per heavy atom. The summed E-state index contributed by atoms with van der Waals surface area (Å²) in [4.78, 5) is 15.5. The van der Waals surface area contributed by atoms with Gasteiger partial charge < -0.3 is 5.32 Å². The molecule has 4 rings (SSSR count). The Balaban J connectivity index is 1.52. The van der Waals surface area contributed by atoms with Gasteiger partial charge in [0.2, 0.25) is 10.0 Å². The Kier molecular flexibility index (Phi) is 6.57. The van der Waals surface area contributed by atoms with Gasteiger partial charge in [0.15, 0.2) is 0 Å². The predicted molar refractivity (Wildman–Crippen MR) is 121 cm³/mol. The van der Waals surface area contributed by atoms with Crippen molar-refractivity contribution in [1.82, 2.24) is 9.21 Å². The lowest BCUT2D eigenvalue weighted by molar-refractivity contribution is 0.102. The Morgan fingerprint density at radius 1 is 0.967 bits per heavy atom. The molecule has 1 amide bonds. The number of rotatable bonds is 6. The van der Waals surface area contributed by atoms with E-state index in [4.69, 9.17) is 0 Å². The number of nitrogens with one attached hydrogen (secondary N) is 1. The molecule has 160 valence electrons. The number of carbonyl (C=O) groups excluding carboxylic acids is 1. The number of halogens is 1. The molecule has 2 fully saturated rings. The zero-order valence-electron chi connectivity index (χ0n) is 16.8. The number of hydrogen-bond donors (Lipinski definition) is 1. The predicted octanol–water partition coefficient (Wildman–Crippen LogP) is 4.08. The Labute approximate surface area is 186 Å². The quantitative estimate of drug-likeness (QED) is 0.660. The van der Waals surface area contributed by atoms with Crippen LogP contribution in [0.4, 0.5) is 5.69 Å². The van der Waals surface area contributed by atoms with Gasteiger partial charge in [0.1, 0.15) is 0 Å². The van der Waals surface area contributed by atoms with Crippen LogP contribution in [-0.4, -0.2) is 49.7 Å². The second kappa shape index (κ2) is 9.18. The van der Waals surface area contributed by atoms with Gasteiger partial charge in [0.25, 0.3) is 5.91 Å². The summed E-state index contributed by atoms with van der Waals surface area (Å²) in [6.45, 7) is 4.16. The van der Waals surface area contributed by atoms with Gasteiger partial charge in [-0.3, -0.25) is 9.69 Å². The molecule has 2 aliphatic heterocycles. The Hall–Kier alpha value is -1.74. The lowest BCUT2D eigenvalue weighted by atomic mass is 10.1. The summed E-state index contributed by atoms with van der Waals surface area (Å²) >= 11 is 3.39. The lowest BCUT2D eigenvalue weighted by Crippen LogP contribution is -2.28. The first-order chi connectivity index (χ1) is 14.4. The van der Waals surface area contributed by atoms with Crippen molar-refractivity contribution in [3.05, 3.63) is 58.1 Å². The van der Waals surface area contributed by atoms with E-state index in [1.165, 1.54) is 23.2 Å². The van der Waals surface area contributed by atoms with Crippen LogP contribution in [0.25, 0.3) is 0 Å². The maximum Gasteiger partial charge on any atom is 0.256 e. The highest BCUT2D eigenvalue weighted by atomic mass is 79.9. The number of likely N-dealkylation sites (tertiary alicyclic amines) is 1. The third-order valence-electron chi connectivity index (χ3n) is 5.67. The van der Waals surface area contributed by atoms with Gasteiger partial charge in [-0.1, -0.05) is 12.1 Å². The molecular weight excluding hydrogens is 466 g/mol. The van der Waals surface area contributed by atoms with Gasteiger partial charge in [0.05, 0.1) is 10.5 Å². The van der Waals surface area contributed by atoms with Crippen molar-refractivity contribution in [3.63, 3.8) is 0 Å². The maximum atomic E-state index is 12.9. The van der Waals surface area contributed by atoms with E-state index in [0.717, 1.165) is 38.0 Å². The molecule has 2 saturated heterocycles. The van der Waals surface area contributed by atoms with Crippen LogP contribution < -0.4 is 5.32 Å². The van der Waals surface area contributed by atoms with E-state index in [1.807, 2.05) is 18.2 Å². The molecule has 2 heterocycles. The fourth-order valence-electron chi connectivity index (χ4n) is 4.06. The Bertz CT molecular complexity index is 1030. The number of amides is 1. The molecule has 0 radical (unpaired) electrons. The van der Waals surface area contributed by atoms with E-state index < -0.39 is 10.0 Å². The molecule has 0 aromatic heterocycles. The minimum atomic E-state index is -3.58. The third-order valence-corrected chi connectivity index (χ3v) is 8.26. The van der Waals surface area contributed by atoms with E-state index in [1.54, 1.807) is 12.1 Å². The molecule has 30 heavy (non-hydrogen) atoms. The highest BCUT2D eigenvalue weighted by molar-refractivity contribution is 9.10. The normalized spacial score (nSPS) is 18.0. The highest BCUT2D eigenvalue weighted by Gasteiger charge is 2.28. The van der Waals surface area contributed by atoms with Crippen molar-refractivity contribution in [3.8, 4) is 0 Å². The summed E-state index contributed by atoms with van der Waals surface area (Å²) in [6, 6.07) is 12.5. The lowest BCUT2D eigenvalue weighted by Gasteiger charge is -2.17. The second-order valence-electron chi connectivity index (χ2n) is 7.89. The first-order valence-electron chi connectivity index (χ1n) is 10.4. The molecule has 0 aliphatic carbocycles. The van der Waals surface area contributed by atoms with Crippen LogP contribution in [0.5, 0.6) is 0 Å². The molecule has 0 bridgehead atoms. The summed E-state index contributed by atoms with van der Waals surface area (Å²) in [5.41, 5.74) is 2.16. The SMILES string of the molecule is O=C(Nc1cccc(CN2CCCC2)c1)c1cc(S(=O)(=O)N2CCCC2)ccc1Br. The van der Waals surface area contributed by atoms with E-state index in [0.29, 0.717) is 28.8 Å². The molecule has 0 atom stereocenters. The monoisotopic (exact) mass is 491 g/mol. The minimum absolute atomic E-state index is 0.153. The van der Waals surface area contributed by atoms with Crippen LogP contribution in [-0.2, 0) is 16.6 Å². The fourth-order valence-corrected chi connectivity index (χ4v) is 6.03. The minimum Gasteiger partial charge on any atom is -0.322 e. The summed E-state index contributed by atoms with van der Waals surface area (Å²) in [5.74, 6) is -0.335. The van der Waals surface area contributed by atoms with Crippen molar-refractivity contribution in [2.75, 3.05) is 31.5 Å². The molecule has 2 aliphatic rings. The smallest absolute Gasteiger partial charge is 0.256 e. The molecule has 8 heteroatoms. The fraction of sp³-hybridized carbons (Fsp3) is 0.409. The van der Waals surface area contributed by atoms with Gasteiger partial charge in [0, 0.05) is 29.8 Å². The number of hydrogen-bond acceptors (Lipinski definition) is 4. The summed E-state index contributed by atoms with van der Waals surface area (Å²) in [7, 11) is -3.58. The number of sulfonamides is 1.